The van der Waals surface area contributed by atoms with Crippen molar-refractivity contribution in [2.75, 3.05) is 0 Å². The summed E-state index contributed by atoms with van der Waals surface area (Å²) < 4.78 is 13.2. The molecule has 1 unspecified atom stereocenters. The van der Waals surface area contributed by atoms with Crippen LogP contribution in [0.5, 0.6) is 0 Å². The second kappa shape index (κ2) is 4.74. The van der Waals surface area contributed by atoms with E-state index in [2.05, 4.69) is 4.98 Å². The van der Waals surface area contributed by atoms with Gasteiger partial charge in [-0.25, -0.2) is 9.37 Å². The molecule has 3 nitrogen and oxygen atoms in total. The highest BCUT2D eigenvalue weighted by Gasteiger charge is 2.27. The summed E-state index contributed by atoms with van der Waals surface area (Å²) in [5, 5.41) is 9.83. The molecule has 1 atom stereocenters. The van der Waals surface area contributed by atoms with E-state index in [0.717, 1.165) is 21.1 Å². The number of aromatic nitrogens is 1. The Morgan fingerprint density at radius 1 is 1.47 bits per heavy atom. The van der Waals surface area contributed by atoms with Crippen molar-refractivity contribution < 1.29 is 14.3 Å². The zero-order chi connectivity index (χ0) is 13.4. The smallest absolute Gasteiger partial charge is 0.306 e. The van der Waals surface area contributed by atoms with E-state index in [1.54, 1.807) is 6.07 Å². The SMILES string of the molecule is O=C(O)C1CCc2nc(-c3cccc(F)c3)sc2C1. The number of carboxylic acids is 1. The Labute approximate surface area is 113 Å². The van der Waals surface area contributed by atoms with Gasteiger partial charge in [-0.3, -0.25) is 4.79 Å². The highest BCUT2D eigenvalue weighted by molar-refractivity contribution is 7.15. The van der Waals surface area contributed by atoms with Gasteiger partial charge in [0.25, 0.3) is 0 Å². The summed E-state index contributed by atoms with van der Waals surface area (Å²) in [5.41, 5.74) is 1.73. The van der Waals surface area contributed by atoms with Gasteiger partial charge in [-0.1, -0.05) is 12.1 Å². The molecule has 5 heteroatoms. The van der Waals surface area contributed by atoms with E-state index in [9.17, 15) is 9.18 Å². The van der Waals surface area contributed by atoms with Crippen molar-refractivity contribution >= 4 is 17.3 Å². The predicted octanol–water partition coefficient (Wildman–Crippen LogP) is 3.14. The van der Waals surface area contributed by atoms with Crippen LogP contribution in [-0.2, 0) is 17.6 Å². The van der Waals surface area contributed by atoms with E-state index in [-0.39, 0.29) is 11.7 Å². The number of thiazole rings is 1. The highest BCUT2D eigenvalue weighted by atomic mass is 32.1. The minimum Gasteiger partial charge on any atom is -0.481 e. The summed E-state index contributed by atoms with van der Waals surface area (Å²) in [6, 6.07) is 6.34. The monoisotopic (exact) mass is 277 g/mol. The van der Waals surface area contributed by atoms with Crippen LogP contribution in [0.4, 0.5) is 4.39 Å². The van der Waals surface area contributed by atoms with Crippen LogP contribution in [0.2, 0.25) is 0 Å². The number of hydrogen-bond donors (Lipinski definition) is 1. The van der Waals surface area contributed by atoms with Crippen LogP contribution in [0.15, 0.2) is 24.3 Å². The van der Waals surface area contributed by atoms with Gasteiger partial charge in [0.1, 0.15) is 10.8 Å². The molecule has 1 aromatic heterocycles. The maximum absolute atomic E-state index is 13.2. The van der Waals surface area contributed by atoms with Crippen molar-refractivity contribution in [2.45, 2.75) is 19.3 Å². The lowest BCUT2D eigenvalue weighted by atomic mass is 9.91. The maximum atomic E-state index is 13.2. The van der Waals surface area contributed by atoms with Crippen molar-refractivity contribution in [2.24, 2.45) is 5.92 Å². The van der Waals surface area contributed by atoms with Gasteiger partial charge in [-0.05, 0) is 31.4 Å². The molecule has 98 valence electrons. The number of aliphatic carboxylic acids is 1. The molecule has 0 aliphatic heterocycles. The van der Waals surface area contributed by atoms with Crippen molar-refractivity contribution in [3.63, 3.8) is 0 Å². The van der Waals surface area contributed by atoms with Gasteiger partial charge in [0, 0.05) is 10.4 Å². The lowest BCUT2D eigenvalue weighted by Crippen LogP contribution is -2.21. The molecule has 1 heterocycles. The zero-order valence-corrected chi connectivity index (χ0v) is 10.9. The summed E-state index contributed by atoms with van der Waals surface area (Å²) in [5.74, 6) is -1.34. The lowest BCUT2D eigenvalue weighted by molar-refractivity contribution is -0.142. The highest BCUT2D eigenvalue weighted by Crippen LogP contribution is 2.34. The second-order valence-corrected chi connectivity index (χ2v) is 5.76. The van der Waals surface area contributed by atoms with Gasteiger partial charge in [0.15, 0.2) is 0 Å². The normalized spacial score (nSPS) is 18.1. The molecular weight excluding hydrogens is 265 g/mol. The fourth-order valence-electron chi connectivity index (χ4n) is 2.33. The number of hydrogen-bond acceptors (Lipinski definition) is 3. The summed E-state index contributed by atoms with van der Waals surface area (Å²) in [4.78, 5) is 16.6. The van der Waals surface area contributed by atoms with E-state index in [4.69, 9.17) is 5.11 Å². The number of halogens is 1. The lowest BCUT2D eigenvalue weighted by Gasteiger charge is -2.16. The first-order valence-electron chi connectivity index (χ1n) is 6.11. The van der Waals surface area contributed by atoms with Crippen molar-refractivity contribution in [3.05, 3.63) is 40.7 Å². The first-order chi connectivity index (χ1) is 9.13. The molecule has 0 fully saturated rings. The number of carboxylic acid groups (broad SMARTS) is 1. The third kappa shape index (κ3) is 2.38. The number of benzene rings is 1. The molecule has 2 aromatic rings. The molecule has 3 rings (SSSR count). The summed E-state index contributed by atoms with van der Waals surface area (Å²) >= 11 is 1.48. The van der Waals surface area contributed by atoms with Gasteiger partial charge in [-0.2, -0.15) is 0 Å². The number of aryl methyl sites for hydroxylation is 1. The van der Waals surface area contributed by atoms with Crippen LogP contribution in [0.3, 0.4) is 0 Å². The number of fused-ring (bicyclic) bond motifs is 1. The summed E-state index contributed by atoms with van der Waals surface area (Å²) in [6.45, 7) is 0. The topological polar surface area (TPSA) is 50.2 Å². The number of rotatable bonds is 2. The van der Waals surface area contributed by atoms with E-state index in [1.165, 1.54) is 23.5 Å². The van der Waals surface area contributed by atoms with Crippen LogP contribution in [-0.4, -0.2) is 16.1 Å². The first-order valence-corrected chi connectivity index (χ1v) is 6.92. The largest absolute Gasteiger partial charge is 0.481 e. The Morgan fingerprint density at radius 2 is 2.32 bits per heavy atom. The van der Waals surface area contributed by atoms with Gasteiger partial charge >= 0.3 is 5.97 Å². The third-order valence-electron chi connectivity index (χ3n) is 3.36. The van der Waals surface area contributed by atoms with Crippen molar-refractivity contribution in [1.82, 2.24) is 4.98 Å². The van der Waals surface area contributed by atoms with Crippen molar-refractivity contribution in [3.8, 4) is 10.6 Å². The molecule has 0 radical (unpaired) electrons. The molecule has 0 spiro atoms. The standard InChI is InChI=1S/C14H12FNO2S/c15-10-3-1-2-8(6-10)13-16-11-5-4-9(14(17)18)7-12(11)19-13/h1-3,6,9H,4-5,7H2,(H,17,18). The van der Waals surface area contributed by atoms with Crippen LogP contribution in [0.25, 0.3) is 10.6 Å². The number of carbonyl (C=O) groups is 1. The fraction of sp³-hybridized carbons (Fsp3) is 0.286. The predicted molar refractivity (Wildman–Crippen MR) is 70.7 cm³/mol. The Balaban J connectivity index is 1.93. The first kappa shape index (κ1) is 12.3. The van der Waals surface area contributed by atoms with Crippen LogP contribution in [0.1, 0.15) is 17.0 Å². The third-order valence-corrected chi connectivity index (χ3v) is 4.53. The quantitative estimate of drug-likeness (QED) is 0.917. The maximum Gasteiger partial charge on any atom is 0.306 e. The minimum atomic E-state index is -0.744. The van der Waals surface area contributed by atoms with Gasteiger partial charge in [-0.15, -0.1) is 11.3 Å². The van der Waals surface area contributed by atoms with Crippen LogP contribution < -0.4 is 0 Å². The van der Waals surface area contributed by atoms with Gasteiger partial charge in [0.05, 0.1) is 11.6 Å². The Bertz CT molecular complexity index is 638. The van der Waals surface area contributed by atoms with E-state index < -0.39 is 5.97 Å². The molecule has 1 N–H and O–H groups in total. The van der Waals surface area contributed by atoms with Crippen LogP contribution >= 0.6 is 11.3 Å². The fourth-order valence-corrected chi connectivity index (χ4v) is 3.51. The molecule has 0 saturated heterocycles. The van der Waals surface area contributed by atoms with Crippen LogP contribution in [0, 0.1) is 11.7 Å². The Morgan fingerprint density at radius 3 is 3.05 bits per heavy atom. The zero-order valence-electron chi connectivity index (χ0n) is 10.1. The van der Waals surface area contributed by atoms with E-state index in [0.29, 0.717) is 19.3 Å². The number of nitrogens with zero attached hydrogens (tertiary/aromatic N) is 1. The van der Waals surface area contributed by atoms with Gasteiger partial charge < -0.3 is 5.11 Å². The molecule has 1 aliphatic carbocycles. The van der Waals surface area contributed by atoms with Gasteiger partial charge in [0.2, 0.25) is 0 Å². The summed E-state index contributed by atoms with van der Waals surface area (Å²) in [7, 11) is 0. The molecular formula is C14H12FNO2S. The minimum absolute atomic E-state index is 0.283. The molecule has 19 heavy (non-hydrogen) atoms. The molecule has 1 aromatic carbocycles. The molecule has 0 bridgehead atoms. The average molecular weight is 277 g/mol. The second-order valence-electron chi connectivity index (χ2n) is 4.68. The Kier molecular flexibility index (Phi) is 3.06. The molecule has 0 saturated carbocycles. The molecule has 1 aliphatic rings. The average Bonchev–Trinajstić information content (AvgIpc) is 2.81. The van der Waals surface area contributed by atoms with Crippen molar-refractivity contribution in [1.29, 1.82) is 0 Å². The Hall–Kier alpha value is -1.75. The van der Waals surface area contributed by atoms with E-state index >= 15 is 0 Å². The molecule has 0 amide bonds. The van der Waals surface area contributed by atoms with E-state index in [1.807, 2.05) is 6.07 Å². The summed E-state index contributed by atoms with van der Waals surface area (Å²) in [6.07, 6.45) is 1.87.